The van der Waals surface area contributed by atoms with E-state index in [4.69, 9.17) is 5.26 Å². The van der Waals surface area contributed by atoms with Gasteiger partial charge in [0.2, 0.25) is 0 Å². The van der Waals surface area contributed by atoms with Crippen LogP contribution in [0.15, 0.2) is 0 Å². The van der Waals surface area contributed by atoms with E-state index in [0.29, 0.717) is 0 Å². The van der Waals surface area contributed by atoms with Crippen molar-refractivity contribution in [1.29, 1.82) is 5.26 Å². The maximum absolute atomic E-state index is 8.47. The van der Waals surface area contributed by atoms with Gasteiger partial charge >= 0.3 is 0 Å². The molecule has 0 spiro atoms. The smallest absolute Gasteiger partial charge is 0.0684 e. The number of nitrogens with zero attached hydrogens (tertiary/aromatic N) is 1. The number of halogens is 1. The number of alkyl halides is 1. The van der Waals surface area contributed by atoms with Gasteiger partial charge in [-0.3, -0.25) is 0 Å². The van der Waals surface area contributed by atoms with Crippen LogP contribution in [-0.4, -0.2) is 4.43 Å². The molecule has 0 aliphatic carbocycles. The Morgan fingerprint density at radius 1 is 1.62 bits per heavy atom. The van der Waals surface area contributed by atoms with Crippen LogP contribution in [0, 0.1) is 16.7 Å². The zero-order chi connectivity index (χ0) is 6.62. The maximum Gasteiger partial charge on any atom is 0.0684 e. The van der Waals surface area contributed by atoms with E-state index in [2.05, 4.69) is 28.7 Å². The third-order valence-electron chi connectivity index (χ3n) is 1.02. The van der Waals surface area contributed by atoms with E-state index in [9.17, 15) is 0 Å². The zero-order valence-corrected chi connectivity index (χ0v) is 7.40. The maximum atomic E-state index is 8.47. The van der Waals surface area contributed by atoms with E-state index in [1.165, 1.54) is 0 Å². The Hall–Kier alpha value is 0.220. The SMILES string of the molecule is CC(C)(C#N)CCI. The molecular formula is C6H10IN. The predicted octanol–water partition coefficient (Wildman–Crippen LogP) is 2.36. The number of rotatable bonds is 2. The van der Waals surface area contributed by atoms with Crippen LogP contribution in [0.25, 0.3) is 0 Å². The molecule has 0 bridgehead atoms. The summed E-state index contributed by atoms with van der Waals surface area (Å²) in [6.45, 7) is 3.93. The first-order valence-electron chi connectivity index (χ1n) is 2.59. The van der Waals surface area contributed by atoms with Crippen LogP contribution in [0.3, 0.4) is 0 Å². The number of nitriles is 1. The molecule has 46 valence electrons. The highest BCUT2D eigenvalue weighted by Gasteiger charge is 2.13. The topological polar surface area (TPSA) is 23.8 Å². The molecule has 0 aliphatic rings. The minimum atomic E-state index is -0.110. The standard InChI is InChI=1S/C6H10IN/c1-6(2,5-8)3-4-7/h3-4H2,1-2H3. The quantitative estimate of drug-likeness (QED) is 0.520. The lowest BCUT2D eigenvalue weighted by Crippen LogP contribution is -2.07. The second-order valence-electron chi connectivity index (χ2n) is 2.43. The van der Waals surface area contributed by atoms with Crippen molar-refractivity contribution in [2.45, 2.75) is 20.3 Å². The van der Waals surface area contributed by atoms with E-state index in [0.717, 1.165) is 10.8 Å². The molecule has 0 aromatic heterocycles. The fourth-order valence-corrected chi connectivity index (χ4v) is 1.64. The Morgan fingerprint density at radius 3 is 2.25 bits per heavy atom. The highest BCUT2D eigenvalue weighted by Crippen LogP contribution is 2.18. The average Bonchev–Trinajstić information content (AvgIpc) is 1.67. The van der Waals surface area contributed by atoms with Crippen molar-refractivity contribution in [3.8, 4) is 6.07 Å². The molecule has 0 N–H and O–H groups in total. The molecule has 1 nitrogen and oxygen atoms in total. The summed E-state index contributed by atoms with van der Waals surface area (Å²) in [5.41, 5.74) is -0.110. The molecule has 0 saturated carbocycles. The molecule has 0 saturated heterocycles. The molecule has 2 heteroatoms. The lowest BCUT2D eigenvalue weighted by molar-refractivity contribution is 0.485. The normalized spacial score (nSPS) is 10.8. The van der Waals surface area contributed by atoms with E-state index in [1.54, 1.807) is 0 Å². The minimum Gasteiger partial charge on any atom is -0.198 e. The van der Waals surface area contributed by atoms with Crippen molar-refractivity contribution in [3.05, 3.63) is 0 Å². The fraction of sp³-hybridized carbons (Fsp3) is 0.833. The van der Waals surface area contributed by atoms with Crippen molar-refractivity contribution >= 4 is 22.6 Å². The van der Waals surface area contributed by atoms with E-state index < -0.39 is 0 Å². The van der Waals surface area contributed by atoms with Crippen LogP contribution in [0.1, 0.15) is 20.3 Å². The molecule has 0 aliphatic heterocycles. The van der Waals surface area contributed by atoms with Crippen LogP contribution < -0.4 is 0 Å². The van der Waals surface area contributed by atoms with Gasteiger partial charge in [-0.1, -0.05) is 22.6 Å². The molecule has 0 radical (unpaired) electrons. The lowest BCUT2D eigenvalue weighted by atomic mass is 9.93. The summed E-state index contributed by atoms with van der Waals surface area (Å²) in [7, 11) is 0. The molecule has 0 fully saturated rings. The third-order valence-corrected chi connectivity index (χ3v) is 1.56. The molecule has 0 rings (SSSR count). The summed E-state index contributed by atoms with van der Waals surface area (Å²) in [6.07, 6.45) is 0.990. The van der Waals surface area contributed by atoms with E-state index in [1.807, 2.05) is 13.8 Å². The summed E-state index contributed by atoms with van der Waals surface area (Å²) in [5, 5.41) is 8.47. The Labute approximate surface area is 64.2 Å². The molecule has 0 aromatic rings. The zero-order valence-electron chi connectivity index (χ0n) is 5.24. The first-order chi connectivity index (χ1) is 3.62. The highest BCUT2D eigenvalue weighted by molar-refractivity contribution is 14.1. The van der Waals surface area contributed by atoms with Gasteiger partial charge in [0.05, 0.1) is 11.5 Å². The van der Waals surface area contributed by atoms with Crippen LogP contribution >= 0.6 is 22.6 Å². The van der Waals surface area contributed by atoms with Gasteiger partial charge < -0.3 is 0 Å². The Balaban J connectivity index is 3.59. The molecule has 0 aromatic carbocycles. The van der Waals surface area contributed by atoms with Gasteiger partial charge in [-0.25, -0.2) is 0 Å². The van der Waals surface area contributed by atoms with Gasteiger partial charge in [0.1, 0.15) is 0 Å². The van der Waals surface area contributed by atoms with Crippen LogP contribution in [0.4, 0.5) is 0 Å². The first-order valence-corrected chi connectivity index (χ1v) is 4.12. The first kappa shape index (κ1) is 8.22. The monoisotopic (exact) mass is 223 g/mol. The van der Waals surface area contributed by atoms with Gasteiger partial charge in [0.15, 0.2) is 0 Å². The molecular weight excluding hydrogens is 213 g/mol. The van der Waals surface area contributed by atoms with Crippen LogP contribution in [0.2, 0.25) is 0 Å². The van der Waals surface area contributed by atoms with Gasteiger partial charge in [-0.05, 0) is 20.3 Å². The Bertz CT molecular complexity index is 102. The van der Waals surface area contributed by atoms with Gasteiger partial charge in [0.25, 0.3) is 0 Å². The van der Waals surface area contributed by atoms with E-state index >= 15 is 0 Å². The second-order valence-corrected chi connectivity index (χ2v) is 3.51. The van der Waals surface area contributed by atoms with Gasteiger partial charge in [0, 0.05) is 4.43 Å². The van der Waals surface area contributed by atoms with E-state index in [-0.39, 0.29) is 5.41 Å². The van der Waals surface area contributed by atoms with Crippen molar-refractivity contribution in [3.63, 3.8) is 0 Å². The van der Waals surface area contributed by atoms with Gasteiger partial charge in [-0.2, -0.15) is 5.26 Å². The Kier molecular flexibility index (Phi) is 3.38. The summed E-state index contributed by atoms with van der Waals surface area (Å²) in [6, 6.07) is 2.24. The highest BCUT2D eigenvalue weighted by atomic mass is 127. The van der Waals surface area contributed by atoms with Crippen LogP contribution in [-0.2, 0) is 0 Å². The van der Waals surface area contributed by atoms with Gasteiger partial charge in [-0.15, -0.1) is 0 Å². The van der Waals surface area contributed by atoms with Crippen molar-refractivity contribution in [2.24, 2.45) is 5.41 Å². The van der Waals surface area contributed by atoms with Crippen molar-refractivity contribution < 1.29 is 0 Å². The molecule has 8 heavy (non-hydrogen) atoms. The molecule has 0 heterocycles. The van der Waals surface area contributed by atoms with Crippen molar-refractivity contribution in [1.82, 2.24) is 0 Å². The number of hydrogen-bond donors (Lipinski definition) is 0. The third kappa shape index (κ3) is 3.25. The largest absolute Gasteiger partial charge is 0.198 e. The number of hydrogen-bond acceptors (Lipinski definition) is 1. The molecule has 0 amide bonds. The predicted molar refractivity (Wildman–Crippen MR) is 42.9 cm³/mol. The lowest BCUT2D eigenvalue weighted by Gasteiger charge is -2.10. The molecule has 0 atom stereocenters. The Morgan fingerprint density at radius 2 is 2.12 bits per heavy atom. The summed E-state index contributed by atoms with van der Waals surface area (Å²) >= 11 is 2.28. The molecule has 0 unspecified atom stereocenters. The summed E-state index contributed by atoms with van der Waals surface area (Å²) in [5.74, 6) is 0. The van der Waals surface area contributed by atoms with Crippen molar-refractivity contribution in [2.75, 3.05) is 4.43 Å². The second kappa shape index (κ2) is 3.29. The summed E-state index contributed by atoms with van der Waals surface area (Å²) in [4.78, 5) is 0. The summed E-state index contributed by atoms with van der Waals surface area (Å²) < 4.78 is 1.07. The van der Waals surface area contributed by atoms with Crippen LogP contribution in [0.5, 0.6) is 0 Å². The minimum absolute atomic E-state index is 0.110. The fourth-order valence-electron chi connectivity index (χ4n) is 0.292. The average molecular weight is 223 g/mol.